The summed E-state index contributed by atoms with van der Waals surface area (Å²) >= 11 is 0. The molecule has 0 radical (unpaired) electrons. The summed E-state index contributed by atoms with van der Waals surface area (Å²) in [7, 11) is -3.49. The van der Waals surface area contributed by atoms with Gasteiger partial charge in [0.1, 0.15) is 0 Å². The van der Waals surface area contributed by atoms with E-state index in [0.29, 0.717) is 13.1 Å². The summed E-state index contributed by atoms with van der Waals surface area (Å²) in [6.07, 6.45) is 19.2. The number of rotatable bonds is 20. The van der Waals surface area contributed by atoms with E-state index in [9.17, 15) is 8.42 Å². The third kappa shape index (κ3) is 13.6. The quantitative estimate of drug-likeness (QED) is 0.205. The molecule has 0 heterocycles. The minimum atomic E-state index is -3.49. The lowest BCUT2D eigenvalue weighted by molar-refractivity contribution is 0.381. The maximum absolute atomic E-state index is 12.6. The fourth-order valence-corrected chi connectivity index (χ4v) is 4.85. The summed E-state index contributed by atoms with van der Waals surface area (Å²) < 4.78 is 26.9. The Morgan fingerprint density at radius 1 is 0.679 bits per heavy atom. The van der Waals surface area contributed by atoms with E-state index < -0.39 is 15.3 Å². The largest absolute Gasteiger partial charge is 0.230 e. The van der Waals surface area contributed by atoms with Crippen molar-refractivity contribution in [2.45, 2.75) is 129 Å². The molecule has 0 N–H and O–H groups in total. The molecule has 0 aromatic heterocycles. The van der Waals surface area contributed by atoms with Gasteiger partial charge >= 0.3 is 0 Å². The third-order valence-electron chi connectivity index (χ3n) is 5.51. The lowest BCUT2D eigenvalue weighted by Crippen LogP contribution is -2.38. The lowest BCUT2D eigenvalue weighted by atomic mass is 10.1. The van der Waals surface area contributed by atoms with Crippen LogP contribution < -0.4 is 0 Å². The van der Waals surface area contributed by atoms with Crippen LogP contribution in [0.2, 0.25) is 0 Å². The number of nitrogens with zero attached hydrogens (tertiary/aromatic N) is 2. The predicted octanol–water partition coefficient (Wildman–Crippen LogP) is 6.81. The maximum atomic E-state index is 12.6. The Balaban J connectivity index is 4.19. The first-order valence-electron chi connectivity index (χ1n) is 11.9. The number of nitriles is 1. The normalized spacial score (nSPS) is 13.0. The van der Waals surface area contributed by atoms with Crippen LogP contribution in [0.15, 0.2) is 0 Å². The maximum Gasteiger partial charge on any atom is 0.230 e. The van der Waals surface area contributed by atoms with E-state index >= 15 is 0 Å². The van der Waals surface area contributed by atoms with Gasteiger partial charge in [0.2, 0.25) is 10.0 Å². The molecule has 1 unspecified atom stereocenters. The fraction of sp³-hybridized carbons (Fsp3) is 0.957. The summed E-state index contributed by atoms with van der Waals surface area (Å²) in [5, 5.41) is 8.14. The SMILES string of the molecule is CCCCCCCCCCN(CCCCCCCCCC)S(=O)(=O)C(C)C#N. The summed E-state index contributed by atoms with van der Waals surface area (Å²) in [5.41, 5.74) is 0. The van der Waals surface area contributed by atoms with E-state index in [1.807, 2.05) is 6.07 Å². The fourth-order valence-electron chi connectivity index (χ4n) is 3.50. The molecule has 0 fully saturated rings. The van der Waals surface area contributed by atoms with Crippen LogP contribution in [0.25, 0.3) is 0 Å². The molecule has 0 rings (SSSR count). The number of hydrogen-bond acceptors (Lipinski definition) is 3. The van der Waals surface area contributed by atoms with Gasteiger partial charge < -0.3 is 0 Å². The first-order chi connectivity index (χ1) is 13.5. The number of hydrogen-bond donors (Lipinski definition) is 0. The van der Waals surface area contributed by atoms with Crippen LogP contribution in [0.3, 0.4) is 0 Å². The summed E-state index contributed by atoms with van der Waals surface area (Å²) in [5.74, 6) is 0. The molecule has 5 heteroatoms. The van der Waals surface area contributed by atoms with Gasteiger partial charge in [-0.25, -0.2) is 12.7 Å². The van der Waals surface area contributed by atoms with E-state index in [0.717, 1.165) is 25.7 Å². The second-order valence-electron chi connectivity index (χ2n) is 8.17. The van der Waals surface area contributed by atoms with Crippen molar-refractivity contribution in [1.29, 1.82) is 5.26 Å². The molecule has 0 saturated heterocycles. The van der Waals surface area contributed by atoms with Gasteiger partial charge in [-0.3, -0.25) is 0 Å². The highest BCUT2D eigenvalue weighted by Gasteiger charge is 2.27. The van der Waals surface area contributed by atoms with E-state index in [-0.39, 0.29) is 0 Å². The minimum absolute atomic E-state index is 0.569. The molecule has 166 valence electrons. The Morgan fingerprint density at radius 3 is 1.32 bits per heavy atom. The minimum Gasteiger partial charge on any atom is -0.211 e. The summed E-state index contributed by atoms with van der Waals surface area (Å²) in [6.45, 7) is 7.09. The van der Waals surface area contributed by atoms with Crippen LogP contribution >= 0.6 is 0 Å². The number of unbranched alkanes of at least 4 members (excludes halogenated alkanes) is 14. The van der Waals surface area contributed by atoms with E-state index in [4.69, 9.17) is 5.26 Å². The molecule has 0 aromatic rings. The molecule has 0 spiro atoms. The van der Waals surface area contributed by atoms with Gasteiger partial charge in [-0.2, -0.15) is 5.26 Å². The van der Waals surface area contributed by atoms with Crippen LogP contribution in [0.1, 0.15) is 124 Å². The highest BCUT2D eigenvalue weighted by atomic mass is 32.2. The Labute approximate surface area is 176 Å². The van der Waals surface area contributed by atoms with Crippen LogP contribution in [0, 0.1) is 11.3 Å². The first kappa shape index (κ1) is 27.4. The van der Waals surface area contributed by atoms with Crippen molar-refractivity contribution in [3.05, 3.63) is 0 Å². The smallest absolute Gasteiger partial charge is 0.211 e. The van der Waals surface area contributed by atoms with Gasteiger partial charge in [0, 0.05) is 13.1 Å². The predicted molar refractivity (Wildman–Crippen MR) is 121 cm³/mol. The Morgan fingerprint density at radius 2 is 1.00 bits per heavy atom. The third-order valence-corrected chi connectivity index (χ3v) is 7.59. The zero-order chi connectivity index (χ0) is 21.1. The van der Waals surface area contributed by atoms with Crippen molar-refractivity contribution >= 4 is 10.0 Å². The van der Waals surface area contributed by atoms with Crippen molar-refractivity contribution < 1.29 is 8.42 Å². The van der Waals surface area contributed by atoms with Crippen molar-refractivity contribution in [2.75, 3.05) is 13.1 Å². The highest BCUT2D eigenvalue weighted by Crippen LogP contribution is 2.15. The molecule has 0 amide bonds. The van der Waals surface area contributed by atoms with Crippen molar-refractivity contribution in [1.82, 2.24) is 4.31 Å². The van der Waals surface area contributed by atoms with Gasteiger partial charge in [0.25, 0.3) is 0 Å². The molecule has 0 bridgehead atoms. The van der Waals surface area contributed by atoms with Crippen LogP contribution in [0.4, 0.5) is 0 Å². The summed E-state index contributed by atoms with van der Waals surface area (Å²) in [4.78, 5) is 0. The van der Waals surface area contributed by atoms with Crippen molar-refractivity contribution in [2.24, 2.45) is 0 Å². The second-order valence-corrected chi connectivity index (χ2v) is 10.4. The molecule has 0 aliphatic rings. The summed E-state index contributed by atoms with van der Waals surface area (Å²) in [6, 6.07) is 1.92. The highest BCUT2D eigenvalue weighted by molar-refractivity contribution is 7.89. The molecule has 28 heavy (non-hydrogen) atoms. The zero-order valence-electron chi connectivity index (χ0n) is 18.9. The molecule has 1 atom stereocenters. The topological polar surface area (TPSA) is 61.2 Å². The Hall–Kier alpha value is -0.600. The van der Waals surface area contributed by atoms with Gasteiger partial charge in [-0.15, -0.1) is 0 Å². The van der Waals surface area contributed by atoms with E-state index in [2.05, 4.69) is 13.8 Å². The number of sulfonamides is 1. The van der Waals surface area contributed by atoms with Crippen molar-refractivity contribution in [3.8, 4) is 6.07 Å². The average molecular weight is 415 g/mol. The van der Waals surface area contributed by atoms with Gasteiger partial charge in [-0.1, -0.05) is 104 Å². The average Bonchev–Trinajstić information content (AvgIpc) is 2.69. The van der Waals surface area contributed by atoms with Gasteiger partial charge in [-0.05, 0) is 19.8 Å². The van der Waals surface area contributed by atoms with E-state index in [1.54, 1.807) is 4.31 Å². The van der Waals surface area contributed by atoms with Crippen LogP contribution in [0.5, 0.6) is 0 Å². The molecular formula is C23H46N2O2S. The van der Waals surface area contributed by atoms with Crippen molar-refractivity contribution in [3.63, 3.8) is 0 Å². The molecular weight excluding hydrogens is 368 g/mol. The zero-order valence-corrected chi connectivity index (χ0v) is 19.7. The molecule has 0 saturated carbocycles. The van der Waals surface area contributed by atoms with Crippen LogP contribution in [-0.2, 0) is 10.0 Å². The molecule has 0 aromatic carbocycles. The molecule has 0 aliphatic heterocycles. The first-order valence-corrected chi connectivity index (χ1v) is 13.4. The Bertz CT molecular complexity index is 465. The standard InChI is InChI=1S/C23H46N2O2S/c1-4-6-8-10-12-14-16-18-20-25(28(26,27)23(3)22-24)21-19-17-15-13-11-9-7-5-2/h23H,4-21H2,1-3H3. The second kappa shape index (κ2) is 18.4. The molecule has 0 aliphatic carbocycles. The van der Waals surface area contributed by atoms with Crippen LogP contribution in [-0.4, -0.2) is 31.1 Å². The van der Waals surface area contributed by atoms with Gasteiger partial charge in [0.05, 0.1) is 6.07 Å². The van der Waals surface area contributed by atoms with E-state index in [1.165, 1.54) is 84.0 Å². The lowest BCUT2D eigenvalue weighted by Gasteiger charge is -2.23. The molecule has 4 nitrogen and oxygen atoms in total. The Kier molecular flexibility index (Phi) is 18.0. The van der Waals surface area contributed by atoms with Gasteiger partial charge in [0.15, 0.2) is 5.25 Å². The monoisotopic (exact) mass is 414 g/mol.